The summed E-state index contributed by atoms with van der Waals surface area (Å²) >= 11 is 0. The fraction of sp³-hybridized carbons (Fsp3) is 0.424. The van der Waals surface area contributed by atoms with E-state index in [1.54, 1.807) is 0 Å². The number of pyridine rings is 1. The molecule has 1 saturated heterocycles. The second kappa shape index (κ2) is 10.9. The predicted molar refractivity (Wildman–Crippen MR) is 155 cm³/mol. The lowest BCUT2D eigenvalue weighted by Crippen LogP contribution is -2.43. The van der Waals surface area contributed by atoms with Gasteiger partial charge in [0.1, 0.15) is 5.82 Å². The quantitative estimate of drug-likeness (QED) is 0.383. The van der Waals surface area contributed by atoms with Crippen molar-refractivity contribution in [2.24, 2.45) is 11.7 Å². The number of aromatic nitrogens is 1. The van der Waals surface area contributed by atoms with Crippen molar-refractivity contribution in [1.29, 1.82) is 0 Å². The number of amides is 2. The molecule has 0 bridgehead atoms. The third kappa shape index (κ3) is 5.48. The molecule has 6 rings (SSSR count). The van der Waals surface area contributed by atoms with Gasteiger partial charge in [0.2, 0.25) is 11.8 Å². The van der Waals surface area contributed by atoms with Crippen molar-refractivity contribution < 1.29 is 9.59 Å². The smallest absolute Gasteiger partial charge is 0.225 e. The zero-order valence-corrected chi connectivity index (χ0v) is 22.6. The van der Waals surface area contributed by atoms with E-state index in [9.17, 15) is 9.59 Å². The molecule has 39 heavy (non-hydrogen) atoms. The Bertz CT molecular complexity index is 1330. The van der Waals surface area contributed by atoms with Crippen LogP contribution in [0.2, 0.25) is 0 Å². The van der Waals surface area contributed by atoms with Crippen LogP contribution in [0.4, 0.5) is 5.82 Å². The normalized spacial score (nSPS) is 22.4. The summed E-state index contributed by atoms with van der Waals surface area (Å²) in [5, 5.41) is 3.06. The monoisotopic (exact) mass is 522 g/mol. The van der Waals surface area contributed by atoms with E-state index < -0.39 is 0 Å². The maximum Gasteiger partial charge on any atom is 0.225 e. The van der Waals surface area contributed by atoms with Gasteiger partial charge in [-0.2, -0.15) is 0 Å². The maximum absolute atomic E-state index is 13.0. The summed E-state index contributed by atoms with van der Waals surface area (Å²) in [6.45, 7) is 0.901. The molecule has 1 aromatic heterocycles. The van der Waals surface area contributed by atoms with E-state index in [2.05, 4.69) is 51.6 Å². The van der Waals surface area contributed by atoms with Crippen LogP contribution in [0.5, 0.6) is 0 Å². The van der Waals surface area contributed by atoms with E-state index in [4.69, 9.17) is 5.73 Å². The lowest BCUT2D eigenvalue weighted by atomic mass is 9.72. The highest BCUT2D eigenvalue weighted by Gasteiger charge is 2.34. The third-order valence-corrected chi connectivity index (χ3v) is 9.11. The molecule has 0 radical (unpaired) electrons. The summed E-state index contributed by atoms with van der Waals surface area (Å²) in [7, 11) is 0. The minimum Gasteiger partial charge on any atom is -0.340 e. The van der Waals surface area contributed by atoms with Gasteiger partial charge in [0.05, 0.1) is 0 Å². The highest BCUT2D eigenvalue weighted by atomic mass is 16.2. The molecule has 6 nitrogen and oxygen atoms in total. The van der Waals surface area contributed by atoms with Gasteiger partial charge in [0.15, 0.2) is 0 Å². The number of rotatable bonds is 7. The zero-order chi connectivity index (χ0) is 26.8. The number of carbonyl (C=O) groups excluding carboxylic acids is 2. The Morgan fingerprint density at radius 2 is 1.67 bits per heavy atom. The van der Waals surface area contributed by atoms with Crippen molar-refractivity contribution in [2.75, 3.05) is 11.9 Å². The number of nitrogens with zero attached hydrogens (tertiary/aromatic N) is 2. The van der Waals surface area contributed by atoms with Crippen molar-refractivity contribution in [1.82, 2.24) is 9.88 Å². The molecule has 3 N–H and O–H groups in total. The second-order valence-corrected chi connectivity index (χ2v) is 11.7. The number of anilines is 1. The molecular formula is C33H38N4O2. The number of benzene rings is 2. The number of carbonyl (C=O) groups is 2. The van der Waals surface area contributed by atoms with Crippen LogP contribution in [0, 0.1) is 5.92 Å². The largest absolute Gasteiger partial charge is 0.340 e. The first-order valence-electron chi connectivity index (χ1n) is 14.5. The average molecular weight is 523 g/mol. The van der Waals surface area contributed by atoms with Crippen molar-refractivity contribution in [3.8, 4) is 22.3 Å². The summed E-state index contributed by atoms with van der Waals surface area (Å²) in [6, 6.07) is 21.2. The van der Waals surface area contributed by atoms with E-state index in [0.717, 1.165) is 73.7 Å². The van der Waals surface area contributed by atoms with Crippen molar-refractivity contribution in [3.05, 3.63) is 72.4 Å². The van der Waals surface area contributed by atoms with Crippen LogP contribution in [-0.4, -0.2) is 34.3 Å². The fourth-order valence-electron chi connectivity index (χ4n) is 6.61. The summed E-state index contributed by atoms with van der Waals surface area (Å²) in [6.07, 6.45) is 11.3. The molecule has 1 aliphatic heterocycles. The van der Waals surface area contributed by atoms with Crippen molar-refractivity contribution >= 4 is 17.6 Å². The molecule has 6 heteroatoms. The second-order valence-electron chi connectivity index (χ2n) is 11.7. The third-order valence-electron chi connectivity index (χ3n) is 9.11. The van der Waals surface area contributed by atoms with E-state index in [1.165, 1.54) is 12.0 Å². The molecule has 2 aromatic carbocycles. The Balaban J connectivity index is 1.15. The number of nitrogens with one attached hydrogen (secondary N) is 1. The lowest BCUT2D eigenvalue weighted by Gasteiger charge is -2.38. The summed E-state index contributed by atoms with van der Waals surface area (Å²) in [5.74, 6) is 1.24. The Labute approximate surface area is 231 Å². The van der Waals surface area contributed by atoms with Gasteiger partial charge < -0.3 is 16.0 Å². The Hall–Kier alpha value is -3.51. The first-order chi connectivity index (χ1) is 19.0. The summed E-state index contributed by atoms with van der Waals surface area (Å²) < 4.78 is 0. The van der Waals surface area contributed by atoms with Gasteiger partial charge in [-0.05, 0) is 85.6 Å². The lowest BCUT2D eigenvalue weighted by molar-refractivity contribution is -0.130. The SMILES string of the molecule is NC1(c2ccc(-c3cnc(NC(=O)CC4CCC(N5CCCC5=O)CC4)cc3-c3ccccc3)cc2)CCC1. The molecule has 2 aliphatic carbocycles. The maximum atomic E-state index is 13.0. The van der Waals surface area contributed by atoms with E-state index >= 15 is 0 Å². The van der Waals surface area contributed by atoms with Gasteiger partial charge in [-0.1, -0.05) is 54.6 Å². The molecule has 202 valence electrons. The van der Waals surface area contributed by atoms with Gasteiger partial charge >= 0.3 is 0 Å². The summed E-state index contributed by atoms with van der Waals surface area (Å²) in [4.78, 5) is 31.8. The average Bonchev–Trinajstić information content (AvgIpc) is 3.38. The minimum atomic E-state index is -0.183. The van der Waals surface area contributed by atoms with E-state index in [0.29, 0.717) is 36.5 Å². The summed E-state index contributed by atoms with van der Waals surface area (Å²) in [5.41, 5.74) is 11.8. The van der Waals surface area contributed by atoms with Gasteiger partial charge in [0, 0.05) is 42.7 Å². The van der Waals surface area contributed by atoms with Gasteiger partial charge in [-0.25, -0.2) is 4.98 Å². The highest BCUT2D eigenvalue weighted by molar-refractivity contribution is 5.92. The number of nitrogens with two attached hydrogens (primary N) is 1. The Kier molecular flexibility index (Phi) is 7.22. The molecule has 0 spiro atoms. The first kappa shape index (κ1) is 25.8. The van der Waals surface area contributed by atoms with Gasteiger partial charge in [0.25, 0.3) is 0 Å². The predicted octanol–water partition coefficient (Wildman–Crippen LogP) is 6.26. The van der Waals surface area contributed by atoms with Crippen LogP contribution in [0.25, 0.3) is 22.3 Å². The van der Waals surface area contributed by atoms with Gasteiger partial charge in [-0.15, -0.1) is 0 Å². The van der Waals surface area contributed by atoms with Crippen LogP contribution < -0.4 is 11.1 Å². The van der Waals surface area contributed by atoms with E-state index in [1.807, 2.05) is 30.5 Å². The Morgan fingerprint density at radius 3 is 2.31 bits per heavy atom. The molecular weight excluding hydrogens is 484 g/mol. The molecule has 2 heterocycles. The van der Waals surface area contributed by atoms with Crippen LogP contribution in [0.1, 0.15) is 69.8 Å². The van der Waals surface area contributed by atoms with Crippen LogP contribution in [-0.2, 0) is 15.1 Å². The standard InChI is InChI=1S/C33H38N4O2/c34-33(17-5-18-33)26-13-11-25(12-14-26)29-22-35-30(21-28(29)24-6-2-1-3-7-24)36-31(38)20-23-9-15-27(16-10-23)37-19-4-8-32(37)39/h1-3,6-7,11-14,21-23,27H,4-5,8-10,15-20,34H2,(H,35,36,38). The highest BCUT2D eigenvalue weighted by Crippen LogP contribution is 2.40. The fourth-order valence-corrected chi connectivity index (χ4v) is 6.61. The molecule has 3 aliphatic rings. The van der Waals surface area contributed by atoms with Crippen LogP contribution in [0.3, 0.4) is 0 Å². The topological polar surface area (TPSA) is 88.3 Å². The van der Waals surface area contributed by atoms with Crippen LogP contribution in [0.15, 0.2) is 66.9 Å². The number of hydrogen-bond donors (Lipinski definition) is 2. The first-order valence-corrected chi connectivity index (χ1v) is 14.5. The molecule has 3 aromatic rings. The van der Waals surface area contributed by atoms with E-state index in [-0.39, 0.29) is 11.4 Å². The molecule has 0 atom stereocenters. The van der Waals surface area contributed by atoms with Crippen molar-refractivity contribution in [3.63, 3.8) is 0 Å². The molecule has 0 unspecified atom stereocenters. The molecule has 3 fully saturated rings. The number of hydrogen-bond acceptors (Lipinski definition) is 4. The van der Waals surface area contributed by atoms with Gasteiger partial charge in [-0.3, -0.25) is 9.59 Å². The zero-order valence-electron chi connectivity index (χ0n) is 22.6. The minimum absolute atomic E-state index is 0.00746. The molecule has 2 saturated carbocycles. The van der Waals surface area contributed by atoms with Crippen LogP contribution >= 0.6 is 0 Å². The Morgan fingerprint density at radius 1 is 0.949 bits per heavy atom. The molecule has 2 amide bonds. The van der Waals surface area contributed by atoms with Crippen molar-refractivity contribution in [2.45, 2.75) is 75.8 Å². The number of likely N-dealkylation sites (tertiary alicyclic amines) is 1.